The third kappa shape index (κ3) is 5.90. The summed E-state index contributed by atoms with van der Waals surface area (Å²) in [5.41, 5.74) is 2.50. The molecular weight excluding hydrogens is 386 g/mol. The highest BCUT2D eigenvalue weighted by Gasteiger charge is 2.24. The Morgan fingerprint density at radius 2 is 1.79 bits per heavy atom. The molecule has 154 valence electrons. The number of nitrogens with zero attached hydrogens (tertiary/aromatic N) is 1. The third-order valence-electron chi connectivity index (χ3n) is 5.10. The smallest absolute Gasteiger partial charge is 0.319 e. The summed E-state index contributed by atoms with van der Waals surface area (Å²) in [6.45, 7) is 3.85. The van der Waals surface area contributed by atoms with Gasteiger partial charge in [-0.25, -0.2) is 4.79 Å². The van der Waals surface area contributed by atoms with E-state index in [1.165, 1.54) is 0 Å². The summed E-state index contributed by atoms with van der Waals surface area (Å²) >= 11 is 0. The van der Waals surface area contributed by atoms with Crippen LogP contribution in [0.1, 0.15) is 28.8 Å². The van der Waals surface area contributed by atoms with Crippen molar-refractivity contribution in [3.8, 4) is 0 Å². The molecule has 2 aromatic rings. The normalized spacial score (nSPS) is 17.4. The van der Waals surface area contributed by atoms with Crippen LogP contribution in [-0.2, 0) is 10.8 Å². The number of piperidine rings is 1. The van der Waals surface area contributed by atoms with Crippen LogP contribution in [0.25, 0.3) is 0 Å². The molecule has 1 aliphatic rings. The Hall–Kier alpha value is -2.67. The van der Waals surface area contributed by atoms with Gasteiger partial charge < -0.3 is 15.5 Å². The van der Waals surface area contributed by atoms with E-state index < -0.39 is 10.8 Å². The van der Waals surface area contributed by atoms with E-state index in [4.69, 9.17) is 0 Å². The quantitative estimate of drug-likeness (QED) is 0.789. The summed E-state index contributed by atoms with van der Waals surface area (Å²) in [6.07, 6.45) is 3.51. The number of rotatable bonds is 5. The maximum Gasteiger partial charge on any atom is 0.319 e. The van der Waals surface area contributed by atoms with Gasteiger partial charge >= 0.3 is 6.03 Å². The molecule has 2 N–H and O–H groups in total. The maximum atomic E-state index is 12.8. The molecule has 6 nitrogen and oxygen atoms in total. The van der Waals surface area contributed by atoms with Crippen LogP contribution in [0.3, 0.4) is 0 Å². The fourth-order valence-electron chi connectivity index (χ4n) is 3.44. The van der Waals surface area contributed by atoms with Crippen molar-refractivity contribution in [3.05, 3.63) is 59.7 Å². The van der Waals surface area contributed by atoms with Gasteiger partial charge in [0.05, 0.1) is 0 Å². The molecule has 7 heteroatoms. The zero-order chi connectivity index (χ0) is 20.8. The molecule has 29 heavy (non-hydrogen) atoms. The third-order valence-corrected chi connectivity index (χ3v) is 6.04. The summed E-state index contributed by atoms with van der Waals surface area (Å²) < 4.78 is 11.5. The van der Waals surface area contributed by atoms with Crippen LogP contribution in [0.2, 0.25) is 0 Å². The first-order valence-electron chi connectivity index (χ1n) is 9.76. The Kier molecular flexibility index (Phi) is 7.04. The molecule has 2 atom stereocenters. The average Bonchev–Trinajstić information content (AvgIpc) is 2.73. The lowest BCUT2D eigenvalue weighted by atomic mass is 9.97. The zero-order valence-electron chi connectivity index (χ0n) is 16.8. The molecule has 0 spiro atoms. The SMILES string of the molecule is Cc1ccc(NC(=O)NCC2CCCN(C(=O)c3ccc(S(C)=O)cc3)C2)cc1. The highest BCUT2D eigenvalue weighted by molar-refractivity contribution is 7.84. The maximum absolute atomic E-state index is 12.8. The van der Waals surface area contributed by atoms with E-state index in [1.54, 1.807) is 30.5 Å². The molecule has 1 saturated heterocycles. The Balaban J connectivity index is 1.50. The second-order valence-electron chi connectivity index (χ2n) is 7.44. The Labute approximate surface area is 174 Å². The van der Waals surface area contributed by atoms with Crippen LogP contribution in [0, 0.1) is 12.8 Å². The van der Waals surface area contributed by atoms with Gasteiger partial charge in [-0.15, -0.1) is 0 Å². The molecule has 2 unspecified atom stereocenters. The Bertz CT molecular complexity index is 881. The molecule has 0 saturated carbocycles. The van der Waals surface area contributed by atoms with Gasteiger partial charge in [-0.3, -0.25) is 9.00 Å². The Morgan fingerprint density at radius 1 is 1.10 bits per heavy atom. The fourth-order valence-corrected chi connectivity index (χ4v) is 3.96. The minimum atomic E-state index is -1.06. The second-order valence-corrected chi connectivity index (χ2v) is 8.82. The van der Waals surface area contributed by atoms with Gasteiger partial charge in [-0.2, -0.15) is 0 Å². The number of likely N-dealkylation sites (tertiary alicyclic amines) is 1. The number of urea groups is 1. The molecule has 2 aromatic carbocycles. The lowest BCUT2D eigenvalue weighted by Crippen LogP contribution is -2.44. The minimum Gasteiger partial charge on any atom is -0.338 e. The van der Waals surface area contributed by atoms with E-state index in [0.717, 1.165) is 24.1 Å². The number of carbonyl (C=O) groups is 2. The standard InChI is InChI=1S/C22H27N3O3S/c1-16-5-9-19(10-6-16)24-22(27)23-14-17-4-3-13-25(15-17)21(26)18-7-11-20(12-8-18)29(2)28/h5-12,17H,3-4,13-15H2,1-2H3,(H2,23,24,27). The summed E-state index contributed by atoms with van der Waals surface area (Å²) in [5, 5.41) is 5.74. The summed E-state index contributed by atoms with van der Waals surface area (Å²) in [7, 11) is -1.06. The molecule has 1 aliphatic heterocycles. The van der Waals surface area contributed by atoms with E-state index in [9.17, 15) is 13.8 Å². The van der Waals surface area contributed by atoms with Gasteiger partial charge in [0.2, 0.25) is 0 Å². The summed E-state index contributed by atoms with van der Waals surface area (Å²) in [5.74, 6) is 0.200. The predicted molar refractivity (Wildman–Crippen MR) is 116 cm³/mol. The first kappa shape index (κ1) is 21.0. The topological polar surface area (TPSA) is 78.5 Å². The predicted octanol–water partition coefficient (Wildman–Crippen LogP) is 3.41. The average molecular weight is 414 g/mol. The van der Waals surface area contributed by atoms with Gasteiger partial charge in [0.1, 0.15) is 0 Å². The van der Waals surface area contributed by atoms with Crippen LogP contribution in [-0.4, -0.2) is 46.9 Å². The molecular formula is C22H27N3O3S. The van der Waals surface area contributed by atoms with E-state index in [-0.39, 0.29) is 17.9 Å². The zero-order valence-corrected chi connectivity index (χ0v) is 17.6. The molecule has 0 aliphatic carbocycles. The number of hydrogen-bond donors (Lipinski definition) is 2. The van der Waals surface area contributed by atoms with Crippen molar-refractivity contribution < 1.29 is 13.8 Å². The number of benzene rings is 2. The lowest BCUT2D eigenvalue weighted by Gasteiger charge is -2.33. The highest BCUT2D eigenvalue weighted by atomic mass is 32.2. The van der Waals surface area contributed by atoms with Crippen LogP contribution in [0.4, 0.5) is 10.5 Å². The largest absolute Gasteiger partial charge is 0.338 e. The number of nitrogens with one attached hydrogen (secondary N) is 2. The van der Waals surface area contributed by atoms with E-state index >= 15 is 0 Å². The van der Waals surface area contributed by atoms with Crippen molar-refractivity contribution in [2.75, 3.05) is 31.2 Å². The van der Waals surface area contributed by atoms with Crippen molar-refractivity contribution in [2.24, 2.45) is 5.92 Å². The molecule has 1 fully saturated rings. The monoisotopic (exact) mass is 413 g/mol. The lowest BCUT2D eigenvalue weighted by molar-refractivity contribution is 0.0675. The van der Waals surface area contributed by atoms with Gasteiger partial charge in [0.25, 0.3) is 5.91 Å². The van der Waals surface area contributed by atoms with Crippen molar-refractivity contribution in [3.63, 3.8) is 0 Å². The number of aryl methyl sites for hydroxylation is 1. The molecule has 3 rings (SSSR count). The number of anilines is 1. The van der Waals surface area contributed by atoms with Gasteiger partial charge in [0.15, 0.2) is 0 Å². The first-order chi connectivity index (χ1) is 13.9. The van der Waals surface area contributed by atoms with E-state index in [1.807, 2.05) is 36.1 Å². The highest BCUT2D eigenvalue weighted by Crippen LogP contribution is 2.19. The molecule has 0 bridgehead atoms. The van der Waals surface area contributed by atoms with Crippen LogP contribution < -0.4 is 10.6 Å². The summed E-state index contributed by atoms with van der Waals surface area (Å²) in [4.78, 5) is 27.5. The second kappa shape index (κ2) is 9.69. The van der Waals surface area contributed by atoms with Gasteiger partial charge in [-0.1, -0.05) is 17.7 Å². The molecule has 1 heterocycles. The first-order valence-corrected chi connectivity index (χ1v) is 11.3. The molecule has 3 amide bonds. The minimum absolute atomic E-state index is 0.0211. The van der Waals surface area contributed by atoms with Crippen molar-refractivity contribution in [2.45, 2.75) is 24.7 Å². The van der Waals surface area contributed by atoms with Crippen molar-refractivity contribution in [1.82, 2.24) is 10.2 Å². The Morgan fingerprint density at radius 3 is 2.45 bits per heavy atom. The van der Waals surface area contributed by atoms with Crippen LogP contribution >= 0.6 is 0 Å². The van der Waals surface area contributed by atoms with Crippen LogP contribution in [0.15, 0.2) is 53.4 Å². The summed E-state index contributed by atoms with van der Waals surface area (Å²) in [6, 6.07) is 14.3. The number of amides is 3. The van der Waals surface area contributed by atoms with Crippen molar-refractivity contribution >= 4 is 28.4 Å². The molecule has 0 aromatic heterocycles. The van der Waals surface area contributed by atoms with E-state index in [0.29, 0.717) is 30.1 Å². The van der Waals surface area contributed by atoms with E-state index in [2.05, 4.69) is 10.6 Å². The van der Waals surface area contributed by atoms with Crippen molar-refractivity contribution in [1.29, 1.82) is 0 Å². The van der Waals surface area contributed by atoms with Gasteiger partial charge in [0, 0.05) is 52.8 Å². The molecule has 0 radical (unpaired) electrons. The van der Waals surface area contributed by atoms with Gasteiger partial charge in [-0.05, 0) is 62.1 Å². The number of hydrogen-bond acceptors (Lipinski definition) is 3. The van der Waals surface area contributed by atoms with Crippen LogP contribution in [0.5, 0.6) is 0 Å². The fraction of sp³-hybridized carbons (Fsp3) is 0.364. The number of carbonyl (C=O) groups excluding carboxylic acids is 2.